The molecule has 0 aromatic heterocycles. The molecule has 220 valence electrons. The quantitative estimate of drug-likeness (QED) is 0.369. The Labute approximate surface area is 247 Å². The van der Waals surface area contributed by atoms with Crippen LogP contribution < -0.4 is 15.0 Å². The molecule has 1 saturated heterocycles. The number of anilines is 2. The van der Waals surface area contributed by atoms with Crippen LogP contribution in [0.1, 0.15) is 42.6 Å². The molecule has 1 heterocycles. The first-order valence-electron chi connectivity index (χ1n) is 14.7. The zero-order chi connectivity index (χ0) is 29.6. The topological polar surface area (TPSA) is 99.2 Å². The molecule has 1 saturated carbocycles. The highest BCUT2D eigenvalue weighted by Crippen LogP contribution is 2.38. The first-order chi connectivity index (χ1) is 20.3. The number of hydrogen-bond acceptors (Lipinski definition) is 5. The van der Waals surface area contributed by atoms with E-state index >= 15 is 0 Å². The van der Waals surface area contributed by atoms with Gasteiger partial charge in [0.1, 0.15) is 12.4 Å². The van der Waals surface area contributed by atoms with Crippen molar-refractivity contribution in [2.45, 2.75) is 33.3 Å². The van der Waals surface area contributed by atoms with Crippen LogP contribution in [0.5, 0.6) is 5.75 Å². The number of hydrogen-bond donors (Lipinski definition) is 2. The van der Waals surface area contributed by atoms with Crippen LogP contribution in [0.2, 0.25) is 0 Å². The lowest BCUT2D eigenvalue weighted by atomic mass is 9.69. The molecule has 42 heavy (non-hydrogen) atoms. The van der Waals surface area contributed by atoms with Crippen molar-refractivity contribution in [1.29, 1.82) is 0 Å². The van der Waals surface area contributed by atoms with Gasteiger partial charge in [0.25, 0.3) is 5.91 Å². The van der Waals surface area contributed by atoms with Gasteiger partial charge in [0.2, 0.25) is 5.91 Å². The normalized spacial score (nSPS) is 22.3. The summed E-state index contributed by atoms with van der Waals surface area (Å²) in [6.07, 6.45) is 0.991. The average Bonchev–Trinajstić information content (AvgIpc) is 3.02. The molecule has 3 aromatic rings. The number of ether oxygens (including phenoxy) is 1. The number of carboxylic acid groups (broad SMARTS) is 1. The minimum Gasteiger partial charge on any atom is -0.489 e. The number of nitrogens with one attached hydrogen (secondary N) is 1. The summed E-state index contributed by atoms with van der Waals surface area (Å²) < 4.78 is 5.91. The molecule has 1 aliphatic carbocycles. The van der Waals surface area contributed by atoms with E-state index in [2.05, 4.69) is 17.1 Å². The van der Waals surface area contributed by atoms with Crippen molar-refractivity contribution < 1.29 is 24.2 Å². The van der Waals surface area contributed by atoms with Gasteiger partial charge in [0, 0.05) is 31.9 Å². The van der Waals surface area contributed by atoms with Gasteiger partial charge < -0.3 is 25.0 Å². The van der Waals surface area contributed by atoms with E-state index in [1.54, 1.807) is 24.3 Å². The van der Waals surface area contributed by atoms with Crippen LogP contribution >= 0.6 is 0 Å². The van der Waals surface area contributed by atoms with E-state index in [0.717, 1.165) is 17.0 Å². The minimum atomic E-state index is -0.939. The maximum Gasteiger partial charge on any atom is 0.307 e. The Bertz CT molecular complexity index is 1390. The van der Waals surface area contributed by atoms with Crippen LogP contribution in [0.3, 0.4) is 0 Å². The van der Waals surface area contributed by atoms with E-state index < -0.39 is 17.8 Å². The van der Waals surface area contributed by atoms with E-state index in [1.807, 2.05) is 66.4 Å². The number of piperazine rings is 1. The SMILES string of the molecule is CC1CC(C(=O)O)C(C(=O)Nc2ccccc2C(=O)N2CCN(c3ccc(OCc4ccccc4)cc3)CC2)CC1C. The molecule has 5 rings (SSSR count). The van der Waals surface area contributed by atoms with E-state index in [4.69, 9.17) is 4.74 Å². The molecule has 0 bridgehead atoms. The van der Waals surface area contributed by atoms with Crippen LogP contribution in [0.15, 0.2) is 78.9 Å². The zero-order valence-corrected chi connectivity index (χ0v) is 24.2. The molecule has 8 heteroatoms. The number of rotatable bonds is 8. The zero-order valence-electron chi connectivity index (χ0n) is 24.2. The van der Waals surface area contributed by atoms with Gasteiger partial charge in [-0.25, -0.2) is 0 Å². The Morgan fingerprint density at radius 2 is 1.43 bits per heavy atom. The number of carbonyl (C=O) groups is 3. The Balaban J connectivity index is 1.18. The standard InChI is InChI=1S/C34H39N3O5/c1-23-20-29(30(34(40)41)21-24(23)2)32(38)35-31-11-7-6-10-28(31)33(39)37-18-16-36(17-19-37)26-12-14-27(15-13-26)42-22-25-8-4-3-5-9-25/h3-15,23-24,29-30H,16-22H2,1-2H3,(H,35,38)(H,40,41). The molecule has 2 N–H and O–H groups in total. The second-order valence-corrected chi connectivity index (χ2v) is 11.6. The Hall–Kier alpha value is -4.33. The summed E-state index contributed by atoms with van der Waals surface area (Å²) in [4.78, 5) is 42.9. The van der Waals surface area contributed by atoms with Gasteiger partial charge in [0.05, 0.1) is 23.1 Å². The average molecular weight is 570 g/mol. The van der Waals surface area contributed by atoms with E-state index in [9.17, 15) is 19.5 Å². The number of aliphatic carboxylic acids is 1. The fraction of sp³-hybridized carbons (Fsp3) is 0.382. The first-order valence-corrected chi connectivity index (χ1v) is 14.7. The molecular weight excluding hydrogens is 530 g/mol. The molecular formula is C34H39N3O5. The summed E-state index contributed by atoms with van der Waals surface area (Å²) in [5.41, 5.74) is 3.04. The summed E-state index contributed by atoms with van der Waals surface area (Å²) in [7, 11) is 0. The Morgan fingerprint density at radius 3 is 2.10 bits per heavy atom. The summed E-state index contributed by atoms with van der Waals surface area (Å²) in [6, 6.07) is 25.1. The van der Waals surface area contributed by atoms with E-state index in [0.29, 0.717) is 56.9 Å². The highest BCUT2D eigenvalue weighted by molar-refractivity contribution is 6.04. The number of benzene rings is 3. The van der Waals surface area contributed by atoms with Crippen LogP contribution in [-0.4, -0.2) is 54.0 Å². The van der Waals surface area contributed by atoms with E-state index in [1.165, 1.54) is 0 Å². The van der Waals surface area contributed by atoms with Crippen LogP contribution in [0.4, 0.5) is 11.4 Å². The van der Waals surface area contributed by atoms with Gasteiger partial charge in [-0.05, 0) is 66.6 Å². The Kier molecular flexibility index (Phi) is 9.10. The van der Waals surface area contributed by atoms with Crippen molar-refractivity contribution in [1.82, 2.24) is 4.90 Å². The van der Waals surface area contributed by atoms with Crippen LogP contribution in [0, 0.1) is 23.7 Å². The smallest absolute Gasteiger partial charge is 0.307 e. The minimum absolute atomic E-state index is 0.143. The number of nitrogens with zero attached hydrogens (tertiary/aromatic N) is 2. The summed E-state index contributed by atoms with van der Waals surface area (Å²) in [5.74, 6) is -1.46. The lowest BCUT2D eigenvalue weighted by molar-refractivity contribution is -0.149. The Morgan fingerprint density at radius 1 is 0.810 bits per heavy atom. The predicted molar refractivity (Wildman–Crippen MR) is 163 cm³/mol. The third kappa shape index (κ3) is 6.75. The maximum atomic E-state index is 13.6. The highest BCUT2D eigenvalue weighted by atomic mass is 16.5. The third-order valence-corrected chi connectivity index (χ3v) is 8.79. The fourth-order valence-corrected chi connectivity index (χ4v) is 5.99. The lowest BCUT2D eigenvalue weighted by Crippen LogP contribution is -2.49. The highest BCUT2D eigenvalue weighted by Gasteiger charge is 2.41. The number of amides is 2. The first kappa shape index (κ1) is 29.2. The molecule has 8 nitrogen and oxygen atoms in total. The molecule has 3 aromatic carbocycles. The molecule has 2 amide bonds. The number of carbonyl (C=O) groups excluding carboxylic acids is 2. The van der Waals surface area contributed by atoms with Gasteiger partial charge in [0.15, 0.2) is 0 Å². The monoisotopic (exact) mass is 569 g/mol. The van der Waals surface area contributed by atoms with Crippen LogP contribution in [0.25, 0.3) is 0 Å². The van der Waals surface area contributed by atoms with Gasteiger partial charge in [-0.15, -0.1) is 0 Å². The largest absolute Gasteiger partial charge is 0.489 e. The predicted octanol–water partition coefficient (Wildman–Crippen LogP) is 5.55. The van der Waals surface area contributed by atoms with Crippen molar-refractivity contribution in [2.24, 2.45) is 23.7 Å². The van der Waals surface area contributed by atoms with Crippen molar-refractivity contribution in [3.63, 3.8) is 0 Å². The molecule has 0 spiro atoms. The van der Waals surface area contributed by atoms with Crippen molar-refractivity contribution in [3.05, 3.63) is 90.0 Å². The molecule has 4 atom stereocenters. The molecule has 1 aliphatic heterocycles. The lowest BCUT2D eigenvalue weighted by Gasteiger charge is -2.37. The van der Waals surface area contributed by atoms with Gasteiger partial charge in [-0.3, -0.25) is 14.4 Å². The third-order valence-electron chi connectivity index (χ3n) is 8.79. The van der Waals surface area contributed by atoms with Gasteiger partial charge in [-0.1, -0.05) is 56.3 Å². The number of para-hydroxylation sites is 1. The molecule has 2 fully saturated rings. The summed E-state index contributed by atoms with van der Waals surface area (Å²) >= 11 is 0. The van der Waals surface area contributed by atoms with Crippen molar-refractivity contribution in [2.75, 3.05) is 36.4 Å². The molecule has 2 aliphatic rings. The fourth-order valence-electron chi connectivity index (χ4n) is 5.99. The van der Waals surface area contributed by atoms with Crippen LogP contribution in [-0.2, 0) is 16.2 Å². The van der Waals surface area contributed by atoms with E-state index in [-0.39, 0.29) is 23.7 Å². The number of carboxylic acids is 1. The molecule has 0 radical (unpaired) electrons. The van der Waals surface area contributed by atoms with Crippen molar-refractivity contribution >= 4 is 29.2 Å². The van der Waals surface area contributed by atoms with Gasteiger partial charge in [-0.2, -0.15) is 0 Å². The summed E-state index contributed by atoms with van der Waals surface area (Å²) in [5, 5.41) is 12.7. The summed E-state index contributed by atoms with van der Waals surface area (Å²) in [6.45, 7) is 7.08. The second-order valence-electron chi connectivity index (χ2n) is 11.6. The maximum absolute atomic E-state index is 13.6. The van der Waals surface area contributed by atoms with Gasteiger partial charge >= 0.3 is 5.97 Å². The van der Waals surface area contributed by atoms with Crippen molar-refractivity contribution in [3.8, 4) is 5.75 Å². The molecule has 4 unspecified atom stereocenters. The second kappa shape index (κ2) is 13.1.